The summed E-state index contributed by atoms with van der Waals surface area (Å²) in [5, 5.41) is 22.3. The van der Waals surface area contributed by atoms with E-state index in [0.29, 0.717) is 6.42 Å². The van der Waals surface area contributed by atoms with E-state index in [-0.39, 0.29) is 17.3 Å². The molecule has 0 aromatic carbocycles. The summed E-state index contributed by atoms with van der Waals surface area (Å²) < 4.78 is 0. The van der Waals surface area contributed by atoms with Crippen LogP contribution in [0.2, 0.25) is 0 Å². The predicted octanol–water partition coefficient (Wildman–Crippen LogP) is 1.24. The minimum atomic E-state index is -1.20. The zero-order valence-corrected chi connectivity index (χ0v) is 10.0. The Balaban J connectivity index is 3.03. The molecule has 8 nitrogen and oxygen atoms in total. The molecule has 1 unspecified atom stereocenters. The highest BCUT2D eigenvalue weighted by Crippen LogP contribution is 2.23. The first kappa shape index (κ1) is 13.7. The minimum Gasteiger partial charge on any atom is -0.480 e. The summed E-state index contributed by atoms with van der Waals surface area (Å²) in [7, 11) is 0. The summed E-state index contributed by atoms with van der Waals surface area (Å²) in [6, 6.07) is 2.51. The van der Waals surface area contributed by atoms with Gasteiger partial charge in [0.15, 0.2) is 0 Å². The lowest BCUT2D eigenvalue weighted by atomic mass is 9.99. The summed E-state index contributed by atoms with van der Waals surface area (Å²) in [5.74, 6) is -1.11. The Bertz CT molecular complexity index is 491. The second-order valence-electron chi connectivity index (χ2n) is 3.97. The summed E-state index contributed by atoms with van der Waals surface area (Å²) in [5.41, 5.74) is 3.91. The van der Waals surface area contributed by atoms with E-state index < -0.39 is 16.4 Å². The van der Waals surface area contributed by atoms with Crippen LogP contribution in [0, 0.1) is 10.1 Å². The first-order valence-corrected chi connectivity index (χ1v) is 5.22. The number of aromatic nitrogens is 1. The Morgan fingerprint density at radius 2 is 2.28 bits per heavy atom. The van der Waals surface area contributed by atoms with Crippen molar-refractivity contribution >= 4 is 23.3 Å². The van der Waals surface area contributed by atoms with E-state index in [4.69, 9.17) is 10.8 Å². The van der Waals surface area contributed by atoms with Crippen LogP contribution in [0.1, 0.15) is 20.3 Å². The molecule has 0 bridgehead atoms. The molecule has 4 N–H and O–H groups in total. The Labute approximate surface area is 103 Å². The topological polar surface area (TPSA) is 131 Å². The molecular formula is C10H14N4O4. The number of nitrogen functional groups attached to an aromatic ring is 1. The standard InChI is InChI=1S/C10H14N4O4/c1-3-10(2,9(15)16)13-7-5-4-6(14(17)18)8(11)12-7/h4-5H,3H2,1-2H3,(H,15,16)(H3,11,12,13). The number of carboxylic acids is 1. The van der Waals surface area contributed by atoms with Crippen molar-refractivity contribution in [1.82, 2.24) is 4.98 Å². The van der Waals surface area contributed by atoms with Gasteiger partial charge in [-0.1, -0.05) is 6.92 Å². The highest BCUT2D eigenvalue weighted by atomic mass is 16.6. The molecule has 1 atom stereocenters. The van der Waals surface area contributed by atoms with Crippen LogP contribution >= 0.6 is 0 Å². The molecule has 0 saturated heterocycles. The molecule has 0 aliphatic carbocycles. The van der Waals surface area contributed by atoms with Crippen molar-refractivity contribution < 1.29 is 14.8 Å². The SMILES string of the molecule is CCC(C)(Nc1ccc([N+](=O)[O-])c(N)n1)C(=O)O. The van der Waals surface area contributed by atoms with Gasteiger partial charge in [-0.3, -0.25) is 10.1 Å². The van der Waals surface area contributed by atoms with E-state index in [1.807, 2.05) is 0 Å². The lowest BCUT2D eigenvalue weighted by Gasteiger charge is -2.25. The fraction of sp³-hybridized carbons (Fsp3) is 0.400. The summed E-state index contributed by atoms with van der Waals surface area (Å²) in [4.78, 5) is 24.8. The average Bonchev–Trinajstić information content (AvgIpc) is 2.28. The Kier molecular flexibility index (Phi) is 3.70. The van der Waals surface area contributed by atoms with Gasteiger partial charge in [0, 0.05) is 6.07 Å². The van der Waals surface area contributed by atoms with Gasteiger partial charge < -0.3 is 16.2 Å². The molecule has 0 fully saturated rings. The first-order valence-electron chi connectivity index (χ1n) is 5.22. The third-order valence-corrected chi connectivity index (χ3v) is 2.68. The van der Waals surface area contributed by atoms with E-state index in [2.05, 4.69) is 10.3 Å². The molecule has 1 heterocycles. The molecule has 0 amide bonds. The molecule has 1 aromatic heterocycles. The molecule has 0 aliphatic rings. The number of nitrogens with one attached hydrogen (secondary N) is 1. The van der Waals surface area contributed by atoms with Gasteiger partial charge in [-0.05, 0) is 19.4 Å². The van der Waals surface area contributed by atoms with Gasteiger partial charge in [0.25, 0.3) is 0 Å². The fourth-order valence-electron chi connectivity index (χ4n) is 1.27. The largest absolute Gasteiger partial charge is 0.480 e. The molecule has 18 heavy (non-hydrogen) atoms. The number of pyridine rings is 1. The highest BCUT2D eigenvalue weighted by Gasteiger charge is 2.31. The number of anilines is 2. The van der Waals surface area contributed by atoms with Gasteiger partial charge in [0.05, 0.1) is 4.92 Å². The van der Waals surface area contributed by atoms with Crippen LogP contribution in [-0.2, 0) is 4.79 Å². The summed E-state index contributed by atoms with van der Waals surface area (Å²) in [6.07, 6.45) is 0.320. The number of nitro groups is 1. The van der Waals surface area contributed by atoms with Crippen LogP contribution < -0.4 is 11.1 Å². The quantitative estimate of drug-likeness (QED) is 0.531. The van der Waals surface area contributed by atoms with E-state index in [0.717, 1.165) is 0 Å². The van der Waals surface area contributed by atoms with E-state index in [1.165, 1.54) is 19.1 Å². The number of hydrogen-bond donors (Lipinski definition) is 3. The van der Waals surface area contributed by atoms with Crippen molar-refractivity contribution in [1.29, 1.82) is 0 Å². The van der Waals surface area contributed by atoms with Crippen LogP contribution in [0.3, 0.4) is 0 Å². The lowest BCUT2D eigenvalue weighted by molar-refractivity contribution is -0.384. The molecule has 1 aromatic rings. The van der Waals surface area contributed by atoms with Crippen molar-refractivity contribution in [2.45, 2.75) is 25.8 Å². The van der Waals surface area contributed by atoms with Crippen LogP contribution in [-0.4, -0.2) is 26.5 Å². The van der Waals surface area contributed by atoms with Crippen molar-refractivity contribution in [3.05, 3.63) is 22.2 Å². The van der Waals surface area contributed by atoms with Gasteiger partial charge in [0.1, 0.15) is 11.4 Å². The van der Waals surface area contributed by atoms with Gasteiger partial charge >= 0.3 is 11.7 Å². The molecule has 98 valence electrons. The Morgan fingerprint density at radius 1 is 1.67 bits per heavy atom. The summed E-state index contributed by atoms with van der Waals surface area (Å²) in [6.45, 7) is 3.20. The molecule has 1 rings (SSSR count). The summed E-state index contributed by atoms with van der Waals surface area (Å²) >= 11 is 0. The van der Waals surface area contributed by atoms with E-state index in [9.17, 15) is 14.9 Å². The number of carbonyl (C=O) groups is 1. The smallest absolute Gasteiger partial charge is 0.329 e. The highest BCUT2D eigenvalue weighted by molar-refractivity contribution is 5.82. The zero-order valence-electron chi connectivity index (χ0n) is 10.0. The van der Waals surface area contributed by atoms with Crippen LogP contribution in [0.25, 0.3) is 0 Å². The minimum absolute atomic E-state index is 0.185. The number of nitrogens with two attached hydrogens (primary N) is 1. The van der Waals surface area contributed by atoms with Crippen LogP contribution in [0.15, 0.2) is 12.1 Å². The van der Waals surface area contributed by atoms with Gasteiger partial charge in [-0.2, -0.15) is 0 Å². The Hall–Kier alpha value is -2.38. The number of nitrogens with zero attached hydrogens (tertiary/aromatic N) is 2. The second kappa shape index (κ2) is 4.86. The normalized spacial score (nSPS) is 13.7. The number of rotatable bonds is 5. The lowest BCUT2D eigenvalue weighted by Crippen LogP contribution is -2.42. The van der Waals surface area contributed by atoms with Crippen molar-refractivity contribution in [3.8, 4) is 0 Å². The van der Waals surface area contributed by atoms with Crippen LogP contribution in [0.4, 0.5) is 17.3 Å². The first-order chi connectivity index (χ1) is 8.30. The average molecular weight is 254 g/mol. The van der Waals surface area contributed by atoms with E-state index >= 15 is 0 Å². The van der Waals surface area contributed by atoms with E-state index in [1.54, 1.807) is 6.92 Å². The van der Waals surface area contributed by atoms with Gasteiger partial charge in [-0.25, -0.2) is 9.78 Å². The maximum absolute atomic E-state index is 11.1. The predicted molar refractivity (Wildman–Crippen MR) is 65.3 cm³/mol. The second-order valence-corrected chi connectivity index (χ2v) is 3.97. The number of aliphatic carboxylic acids is 1. The van der Waals surface area contributed by atoms with Gasteiger partial charge in [0.2, 0.25) is 5.82 Å². The zero-order chi connectivity index (χ0) is 13.9. The van der Waals surface area contributed by atoms with Crippen LogP contribution in [0.5, 0.6) is 0 Å². The van der Waals surface area contributed by atoms with Crippen molar-refractivity contribution in [2.75, 3.05) is 11.1 Å². The molecule has 8 heteroatoms. The maximum Gasteiger partial charge on any atom is 0.329 e. The third-order valence-electron chi connectivity index (χ3n) is 2.68. The van der Waals surface area contributed by atoms with Crippen molar-refractivity contribution in [2.24, 2.45) is 0 Å². The number of carboxylic acid groups (broad SMARTS) is 1. The molecule has 0 saturated carbocycles. The monoisotopic (exact) mass is 254 g/mol. The Morgan fingerprint density at radius 3 is 2.67 bits per heavy atom. The van der Waals surface area contributed by atoms with Crippen molar-refractivity contribution in [3.63, 3.8) is 0 Å². The third kappa shape index (κ3) is 2.65. The molecular weight excluding hydrogens is 240 g/mol. The molecule has 0 aliphatic heterocycles. The fourth-order valence-corrected chi connectivity index (χ4v) is 1.27. The molecule has 0 spiro atoms. The van der Waals surface area contributed by atoms with Gasteiger partial charge in [-0.15, -0.1) is 0 Å². The number of hydrogen-bond acceptors (Lipinski definition) is 6. The molecule has 0 radical (unpaired) electrons. The maximum atomic E-state index is 11.1.